The van der Waals surface area contributed by atoms with E-state index in [-0.39, 0.29) is 37.1 Å². The number of hydrogen-bond acceptors (Lipinski definition) is 5. The number of carbonyl (C=O) groups is 2. The Hall–Kier alpha value is -0.464. The summed E-state index contributed by atoms with van der Waals surface area (Å²) >= 11 is 0. The average molecular weight is 285 g/mol. The first-order valence-electron chi connectivity index (χ1n) is 5.03. The van der Waals surface area contributed by atoms with E-state index in [4.69, 9.17) is 0 Å². The largest absolute Gasteiger partial charge is 3.00 e. The molecule has 1 N–H and O–H groups in total. The second kappa shape index (κ2) is 8.66. The molecule has 0 heterocycles. The molecule has 5 nitrogen and oxygen atoms in total. The molecule has 0 spiro atoms. The Balaban J connectivity index is 0. The van der Waals surface area contributed by atoms with Crippen molar-refractivity contribution in [2.75, 3.05) is 0 Å². The third-order valence-corrected chi connectivity index (χ3v) is 2.88. The van der Waals surface area contributed by atoms with Gasteiger partial charge in [0.1, 0.15) is 0 Å². The average Bonchev–Trinajstić information content (AvgIpc) is 1.74. The molecule has 0 atom stereocenters. The van der Waals surface area contributed by atoms with E-state index < -0.39 is 11.9 Å². The summed E-state index contributed by atoms with van der Waals surface area (Å²) in [5.74, 6) is -1.96. The Morgan fingerprint density at radius 1 is 0.812 bits per heavy atom. The Labute approximate surface area is 108 Å². The third-order valence-electron chi connectivity index (χ3n) is 2.88. The summed E-state index contributed by atoms with van der Waals surface area (Å²) in [6.07, 6.45) is 5.48. The van der Waals surface area contributed by atoms with E-state index in [2.05, 4.69) is 0 Å². The van der Waals surface area contributed by atoms with Crippen molar-refractivity contribution in [1.29, 1.82) is 0 Å². The van der Waals surface area contributed by atoms with E-state index in [1.807, 2.05) is 0 Å². The molecule has 16 heavy (non-hydrogen) atoms. The van der Waals surface area contributed by atoms with Gasteiger partial charge in [-0.3, -0.25) is 0 Å². The smallest absolute Gasteiger partial charge is 0.870 e. The van der Waals surface area contributed by atoms with Gasteiger partial charge in [0.05, 0.1) is 0 Å². The number of hydrogen-bond donors (Lipinski definition) is 0. The zero-order valence-corrected chi connectivity index (χ0v) is 11.5. The van der Waals surface area contributed by atoms with Crippen molar-refractivity contribution in [2.45, 2.75) is 38.5 Å². The van der Waals surface area contributed by atoms with Crippen LogP contribution < -0.4 is 10.2 Å². The second-order valence-electron chi connectivity index (χ2n) is 3.89. The van der Waals surface area contributed by atoms with Crippen LogP contribution in [0.4, 0.5) is 0 Å². The van der Waals surface area contributed by atoms with E-state index in [0.29, 0.717) is 0 Å². The van der Waals surface area contributed by atoms with Gasteiger partial charge in [-0.05, 0) is 37.5 Å². The molecule has 2 aliphatic rings. The molecule has 0 aromatic heterocycles. The van der Waals surface area contributed by atoms with Gasteiger partial charge in [-0.25, -0.2) is 0 Å². The number of rotatable bonds is 2. The maximum Gasteiger partial charge on any atom is 3.00 e. The van der Waals surface area contributed by atoms with E-state index in [0.717, 1.165) is 38.5 Å². The van der Waals surface area contributed by atoms with Crippen molar-refractivity contribution in [1.82, 2.24) is 0 Å². The third kappa shape index (κ3) is 5.57. The minimum atomic E-state index is -0.869. The predicted molar refractivity (Wildman–Crippen MR) is 52.4 cm³/mol. The predicted octanol–water partition coefficient (Wildman–Crippen LogP) is -1.48. The van der Waals surface area contributed by atoms with Gasteiger partial charge in [-0.1, -0.05) is 12.8 Å². The number of carboxylic acids is 2. The molecule has 0 aromatic rings. The van der Waals surface area contributed by atoms with Crippen LogP contribution in [0.2, 0.25) is 0 Å². The van der Waals surface area contributed by atoms with Crippen molar-refractivity contribution < 1.29 is 25.3 Å². The van der Waals surface area contributed by atoms with Crippen LogP contribution in [0.5, 0.6) is 0 Å². The number of carboxylic acid groups (broad SMARTS) is 2. The summed E-state index contributed by atoms with van der Waals surface area (Å²) in [5.41, 5.74) is 0. The Morgan fingerprint density at radius 2 is 1.06 bits per heavy atom. The summed E-state index contributed by atoms with van der Waals surface area (Å²) in [6.45, 7) is 0. The first kappa shape index (κ1) is 17.9. The monoisotopic (exact) mass is 284 g/mol. The molecular formula is C10H15GaO5. The van der Waals surface area contributed by atoms with Gasteiger partial charge in [-0.15, -0.1) is 0 Å². The molecule has 0 bridgehead atoms. The van der Waals surface area contributed by atoms with Crippen LogP contribution in [0.1, 0.15) is 38.5 Å². The van der Waals surface area contributed by atoms with E-state index >= 15 is 0 Å². The molecule has 0 aromatic carbocycles. The quantitative estimate of drug-likeness (QED) is 0.574. The minimum absolute atomic E-state index is 0. The fraction of sp³-hybridized carbons (Fsp3) is 0.800. The summed E-state index contributed by atoms with van der Waals surface area (Å²) < 4.78 is 0. The molecule has 2 rings (SSSR count). The van der Waals surface area contributed by atoms with Gasteiger partial charge in [0.2, 0.25) is 0 Å². The molecule has 2 fully saturated rings. The number of carbonyl (C=O) groups excluding carboxylic acids is 2. The fourth-order valence-electron chi connectivity index (χ4n) is 1.29. The van der Waals surface area contributed by atoms with Crippen LogP contribution in [0.15, 0.2) is 0 Å². The van der Waals surface area contributed by atoms with Gasteiger partial charge >= 0.3 is 19.8 Å². The van der Waals surface area contributed by atoms with Crippen LogP contribution in [0.3, 0.4) is 0 Å². The van der Waals surface area contributed by atoms with Gasteiger partial charge < -0.3 is 25.3 Å². The summed E-state index contributed by atoms with van der Waals surface area (Å²) in [4.78, 5) is 19.7. The fourth-order valence-corrected chi connectivity index (χ4v) is 1.29. The molecule has 0 radical (unpaired) electrons. The molecule has 2 aliphatic carbocycles. The molecule has 0 saturated heterocycles. The van der Waals surface area contributed by atoms with Gasteiger partial charge in [-0.2, -0.15) is 0 Å². The Kier molecular flexibility index (Phi) is 9.70. The Morgan fingerprint density at radius 3 is 1.06 bits per heavy atom. The first-order chi connectivity index (χ1) is 6.61. The second-order valence-corrected chi connectivity index (χ2v) is 3.89. The van der Waals surface area contributed by atoms with Crippen molar-refractivity contribution in [3.63, 3.8) is 0 Å². The summed E-state index contributed by atoms with van der Waals surface area (Å²) in [7, 11) is 0. The van der Waals surface area contributed by atoms with Gasteiger partial charge in [0.15, 0.2) is 0 Å². The molecule has 88 valence electrons. The van der Waals surface area contributed by atoms with Gasteiger partial charge in [0, 0.05) is 11.9 Å². The zero-order valence-electron chi connectivity index (χ0n) is 9.05. The van der Waals surface area contributed by atoms with Crippen molar-refractivity contribution in [3.05, 3.63) is 0 Å². The van der Waals surface area contributed by atoms with Crippen LogP contribution in [-0.2, 0) is 9.59 Å². The first-order valence-corrected chi connectivity index (χ1v) is 5.03. The molecule has 0 amide bonds. The van der Waals surface area contributed by atoms with Crippen molar-refractivity contribution >= 4 is 31.7 Å². The standard InChI is InChI=1S/2C5H8O2.Ga.H2O/c2*6-5(7)4-2-1-3-4;;/h2*4H,1-3H2,(H,6,7);;1H2/q;;+3;/p-3. The van der Waals surface area contributed by atoms with Crippen molar-refractivity contribution in [3.8, 4) is 0 Å². The molecule has 6 heteroatoms. The normalized spacial score (nSPS) is 18.5. The van der Waals surface area contributed by atoms with Crippen LogP contribution in [0.25, 0.3) is 0 Å². The minimum Gasteiger partial charge on any atom is -0.870 e. The zero-order chi connectivity index (χ0) is 10.6. The van der Waals surface area contributed by atoms with Gasteiger partial charge in [0.25, 0.3) is 0 Å². The van der Waals surface area contributed by atoms with E-state index in [1.165, 1.54) is 0 Å². The molecule has 2 saturated carbocycles. The summed E-state index contributed by atoms with van der Waals surface area (Å²) in [5, 5.41) is 19.7. The summed E-state index contributed by atoms with van der Waals surface area (Å²) in [6, 6.07) is 0. The molecular weight excluding hydrogens is 270 g/mol. The maximum absolute atomic E-state index is 9.87. The van der Waals surface area contributed by atoms with Crippen LogP contribution >= 0.6 is 0 Å². The topological polar surface area (TPSA) is 110 Å². The number of aliphatic carboxylic acids is 2. The van der Waals surface area contributed by atoms with Crippen molar-refractivity contribution in [2.24, 2.45) is 11.8 Å². The van der Waals surface area contributed by atoms with Crippen LogP contribution in [-0.4, -0.2) is 37.2 Å². The van der Waals surface area contributed by atoms with E-state index in [1.54, 1.807) is 0 Å². The SMILES string of the molecule is O=C([O-])C1CCC1.O=C([O-])C1CCC1.[Ga+3].[OH-]. The van der Waals surface area contributed by atoms with Crippen LogP contribution in [0, 0.1) is 11.8 Å². The molecule has 0 aliphatic heterocycles. The molecule has 0 unspecified atom stereocenters. The van der Waals surface area contributed by atoms with E-state index in [9.17, 15) is 19.8 Å². The maximum atomic E-state index is 9.87. The Bertz CT molecular complexity index is 199.